The fraction of sp³-hybridized carbons (Fsp3) is 0.154. The molecule has 0 atom stereocenters. The van der Waals surface area contributed by atoms with Crippen molar-refractivity contribution in [3.05, 3.63) is 77.9 Å². The van der Waals surface area contributed by atoms with Crippen LogP contribution in [-0.2, 0) is 0 Å². The van der Waals surface area contributed by atoms with Crippen LogP contribution in [0.1, 0.15) is 11.1 Å². The van der Waals surface area contributed by atoms with E-state index in [0.717, 1.165) is 22.2 Å². The lowest BCUT2D eigenvalue weighted by molar-refractivity contribution is 0.405. The Morgan fingerprint density at radius 2 is 1.18 bits per heavy atom. The zero-order valence-corrected chi connectivity index (χ0v) is 18.9. The van der Waals surface area contributed by atoms with E-state index in [0.29, 0.717) is 33.9 Å². The van der Waals surface area contributed by atoms with Gasteiger partial charge in [-0.2, -0.15) is 5.11 Å². The quantitative estimate of drug-likeness (QED) is 0.308. The van der Waals surface area contributed by atoms with E-state index in [1.807, 2.05) is 56.3 Å². The number of ether oxygens (including phenoxy) is 2. The Kier molecular flexibility index (Phi) is 6.31. The van der Waals surface area contributed by atoms with Crippen molar-refractivity contribution in [1.82, 2.24) is 0 Å². The van der Waals surface area contributed by atoms with Crippen molar-refractivity contribution < 1.29 is 14.6 Å². The number of fused-ring (bicyclic) bond motifs is 1. The summed E-state index contributed by atoms with van der Waals surface area (Å²) in [4.78, 5) is 0. The van der Waals surface area contributed by atoms with Crippen LogP contribution in [0.15, 0.2) is 87.2 Å². The maximum atomic E-state index is 10.1. The third-order valence-corrected chi connectivity index (χ3v) is 5.47. The molecule has 166 valence electrons. The zero-order chi connectivity index (χ0) is 23.4. The van der Waals surface area contributed by atoms with E-state index in [1.165, 1.54) is 0 Å². The van der Waals surface area contributed by atoms with E-state index in [2.05, 4.69) is 20.5 Å². The molecule has 0 radical (unpaired) electrons. The van der Waals surface area contributed by atoms with E-state index in [1.54, 1.807) is 38.5 Å². The summed E-state index contributed by atoms with van der Waals surface area (Å²) in [6.07, 6.45) is 0. The Labute approximate surface area is 192 Å². The Bertz CT molecular complexity index is 1380. The summed E-state index contributed by atoms with van der Waals surface area (Å²) < 4.78 is 11.0. The number of aromatic hydroxyl groups is 1. The van der Waals surface area contributed by atoms with Gasteiger partial charge in [0.1, 0.15) is 28.6 Å². The Balaban J connectivity index is 1.71. The topological polar surface area (TPSA) is 88.1 Å². The van der Waals surface area contributed by atoms with E-state index in [4.69, 9.17) is 9.47 Å². The molecule has 4 aromatic carbocycles. The van der Waals surface area contributed by atoms with Crippen molar-refractivity contribution in [2.24, 2.45) is 20.5 Å². The van der Waals surface area contributed by atoms with Gasteiger partial charge in [-0.15, -0.1) is 15.3 Å². The first kappa shape index (κ1) is 22.0. The van der Waals surface area contributed by atoms with Crippen molar-refractivity contribution >= 4 is 33.5 Å². The maximum Gasteiger partial charge on any atom is 0.148 e. The lowest BCUT2D eigenvalue weighted by Gasteiger charge is -2.09. The van der Waals surface area contributed by atoms with Gasteiger partial charge in [-0.05, 0) is 43.2 Å². The van der Waals surface area contributed by atoms with Gasteiger partial charge >= 0.3 is 0 Å². The summed E-state index contributed by atoms with van der Waals surface area (Å²) in [5.74, 6) is 1.18. The van der Waals surface area contributed by atoms with Crippen molar-refractivity contribution in [3.8, 4) is 17.2 Å². The normalized spacial score (nSPS) is 11.5. The molecule has 0 heterocycles. The molecule has 7 nitrogen and oxygen atoms in total. The first-order chi connectivity index (χ1) is 16.0. The first-order valence-corrected chi connectivity index (χ1v) is 10.4. The highest BCUT2D eigenvalue weighted by Crippen LogP contribution is 2.42. The van der Waals surface area contributed by atoms with Crippen molar-refractivity contribution in [3.63, 3.8) is 0 Å². The van der Waals surface area contributed by atoms with Gasteiger partial charge in [-0.1, -0.05) is 36.4 Å². The van der Waals surface area contributed by atoms with Gasteiger partial charge < -0.3 is 14.6 Å². The summed E-state index contributed by atoms with van der Waals surface area (Å²) in [6, 6.07) is 20.1. The second kappa shape index (κ2) is 9.48. The van der Waals surface area contributed by atoms with Crippen LogP contribution in [-0.4, -0.2) is 19.3 Å². The third kappa shape index (κ3) is 4.52. The van der Waals surface area contributed by atoms with Crippen LogP contribution in [0.25, 0.3) is 10.8 Å². The molecule has 0 unspecified atom stereocenters. The van der Waals surface area contributed by atoms with Crippen LogP contribution in [0.4, 0.5) is 22.7 Å². The van der Waals surface area contributed by atoms with Crippen molar-refractivity contribution in [2.45, 2.75) is 13.8 Å². The zero-order valence-electron chi connectivity index (χ0n) is 18.9. The fourth-order valence-corrected chi connectivity index (χ4v) is 3.44. The van der Waals surface area contributed by atoms with Gasteiger partial charge in [0.15, 0.2) is 0 Å². The number of rotatable bonds is 6. The van der Waals surface area contributed by atoms with Gasteiger partial charge in [0, 0.05) is 22.9 Å². The van der Waals surface area contributed by atoms with Crippen LogP contribution in [0.3, 0.4) is 0 Å². The lowest BCUT2D eigenvalue weighted by atomic mass is 10.1. The molecule has 33 heavy (non-hydrogen) atoms. The minimum Gasteiger partial charge on any atom is -0.507 e. The number of phenols is 1. The smallest absolute Gasteiger partial charge is 0.148 e. The van der Waals surface area contributed by atoms with Crippen LogP contribution in [0.2, 0.25) is 0 Å². The average molecular weight is 441 g/mol. The molecule has 0 aliphatic rings. The highest BCUT2D eigenvalue weighted by atomic mass is 16.5. The van der Waals surface area contributed by atoms with Gasteiger partial charge in [0.2, 0.25) is 0 Å². The predicted octanol–water partition coefficient (Wildman–Crippen LogP) is 8.01. The molecule has 0 saturated carbocycles. The Morgan fingerprint density at radius 1 is 0.606 bits per heavy atom. The van der Waals surface area contributed by atoms with Gasteiger partial charge in [0.05, 0.1) is 25.6 Å². The van der Waals surface area contributed by atoms with E-state index in [9.17, 15) is 5.11 Å². The Hall–Kier alpha value is -4.26. The van der Waals surface area contributed by atoms with Gasteiger partial charge in [0.25, 0.3) is 0 Å². The number of nitrogens with zero attached hydrogens (tertiary/aromatic N) is 4. The lowest BCUT2D eigenvalue weighted by Crippen LogP contribution is -1.88. The van der Waals surface area contributed by atoms with E-state index < -0.39 is 0 Å². The predicted molar refractivity (Wildman–Crippen MR) is 129 cm³/mol. The molecule has 0 fully saturated rings. The highest BCUT2D eigenvalue weighted by Gasteiger charge is 2.12. The number of hydrogen-bond acceptors (Lipinski definition) is 7. The van der Waals surface area contributed by atoms with Crippen molar-refractivity contribution in [1.29, 1.82) is 0 Å². The molecule has 7 heteroatoms. The van der Waals surface area contributed by atoms with Crippen LogP contribution >= 0.6 is 0 Å². The summed E-state index contributed by atoms with van der Waals surface area (Å²) in [6.45, 7) is 4.05. The Morgan fingerprint density at radius 3 is 1.82 bits per heavy atom. The summed E-state index contributed by atoms with van der Waals surface area (Å²) in [5.41, 5.74) is 4.64. The maximum absolute atomic E-state index is 10.1. The molecule has 0 amide bonds. The monoisotopic (exact) mass is 440 g/mol. The molecule has 0 aromatic heterocycles. The van der Waals surface area contributed by atoms with Crippen LogP contribution in [0, 0.1) is 13.8 Å². The summed E-state index contributed by atoms with van der Waals surface area (Å²) >= 11 is 0. The minimum absolute atomic E-state index is 0.197. The molecule has 0 saturated heterocycles. The third-order valence-electron chi connectivity index (χ3n) is 5.47. The molecule has 4 aromatic rings. The molecular weight excluding hydrogens is 416 g/mol. The number of hydrogen-bond donors (Lipinski definition) is 1. The average Bonchev–Trinajstić information content (AvgIpc) is 2.84. The summed E-state index contributed by atoms with van der Waals surface area (Å²) in [5, 5.41) is 29.2. The van der Waals surface area contributed by atoms with Crippen molar-refractivity contribution in [2.75, 3.05) is 14.2 Å². The number of phenolic OH excluding ortho intramolecular Hbond substituents is 1. The number of benzene rings is 4. The molecule has 0 aliphatic carbocycles. The minimum atomic E-state index is 0.197. The molecule has 0 spiro atoms. The SMILES string of the molecule is COc1cc(/N=N/c2ccc(O)c3ccccc23)c(OC)cc1/N=N/c1cccc(C)c1C. The second-order valence-corrected chi connectivity index (χ2v) is 7.46. The first-order valence-electron chi connectivity index (χ1n) is 10.4. The standard InChI is InChI=1S/C26H24N4O3/c1-16-8-7-11-20(17(16)2)27-29-22-14-26(33-4)23(15-25(22)32-3)30-28-21-12-13-24(31)19-10-6-5-9-18(19)21/h5-15,31H,1-4H3/b29-27+,30-28+. The number of aryl methyl sites for hydroxylation is 1. The number of azo groups is 2. The van der Waals surface area contributed by atoms with E-state index in [-0.39, 0.29) is 5.75 Å². The van der Waals surface area contributed by atoms with Crippen LogP contribution < -0.4 is 9.47 Å². The fourth-order valence-electron chi connectivity index (χ4n) is 3.44. The van der Waals surface area contributed by atoms with E-state index >= 15 is 0 Å². The highest BCUT2D eigenvalue weighted by molar-refractivity contribution is 5.96. The molecule has 4 rings (SSSR count). The number of methoxy groups -OCH3 is 2. The largest absolute Gasteiger partial charge is 0.507 e. The van der Waals surface area contributed by atoms with Crippen LogP contribution in [0.5, 0.6) is 17.2 Å². The molecule has 1 N–H and O–H groups in total. The molecule has 0 aliphatic heterocycles. The molecular formula is C26H24N4O3. The molecule has 0 bridgehead atoms. The summed E-state index contributed by atoms with van der Waals surface area (Å²) in [7, 11) is 3.12. The van der Waals surface area contributed by atoms with Gasteiger partial charge in [-0.3, -0.25) is 0 Å². The second-order valence-electron chi connectivity index (χ2n) is 7.46. The van der Waals surface area contributed by atoms with Gasteiger partial charge in [-0.25, -0.2) is 0 Å².